The molecule has 0 saturated heterocycles. The number of hydrogen-bond acceptors (Lipinski definition) is 6. The Hall–Kier alpha value is -3.75. The Morgan fingerprint density at radius 1 is 1.24 bits per heavy atom. The minimum atomic E-state index is -0.284. The fourth-order valence-electron chi connectivity index (χ4n) is 2.61. The van der Waals surface area contributed by atoms with Crippen molar-refractivity contribution in [3.8, 4) is 11.4 Å². The lowest BCUT2D eigenvalue weighted by atomic mass is 10.1. The molecule has 0 aliphatic carbocycles. The van der Waals surface area contributed by atoms with Gasteiger partial charge in [-0.1, -0.05) is 0 Å². The van der Waals surface area contributed by atoms with E-state index in [0.717, 1.165) is 11.3 Å². The van der Waals surface area contributed by atoms with Crippen LogP contribution >= 0.6 is 0 Å². The Kier molecular flexibility index (Phi) is 3.38. The average molecular weight is 335 g/mol. The summed E-state index contributed by atoms with van der Waals surface area (Å²) in [6, 6.07) is 10.0. The van der Waals surface area contributed by atoms with Crippen LogP contribution in [-0.4, -0.2) is 41.4 Å². The third-order valence-electron chi connectivity index (χ3n) is 3.83. The van der Waals surface area contributed by atoms with E-state index in [1.165, 1.54) is 11.0 Å². The maximum absolute atomic E-state index is 12.5. The fourth-order valence-corrected chi connectivity index (χ4v) is 2.61. The molecule has 25 heavy (non-hydrogen) atoms. The number of nitrogens with one attached hydrogen (secondary N) is 2. The number of fused-ring (bicyclic) bond motifs is 1. The van der Waals surface area contributed by atoms with E-state index in [2.05, 4.69) is 31.0 Å². The molecular weight excluding hydrogens is 322 g/mol. The zero-order valence-electron chi connectivity index (χ0n) is 13.1. The quantitative estimate of drug-likeness (QED) is 0.525. The lowest BCUT2D eigenvalue weighted by molar-refractivity contribution is 0.102. The molecule has 0 bridgehead atoms. The first-order chi connectivity index (χ1) is 12.1. The number of aromatic amines is 1. The van der Waals surface area contributed by atoms with Crippen molar-refractivity contribution in [3.05, 3.63) is 53.9 Å². The SMILES string of the molecule is Cc1cc(C(=O)Nc2n[nH]c3cc(O)ccc23)ccc1-n1cnnn1. The van der Waals surface area contributed by atoms with Gasteiger partial charge in [-0.05, 0) is 53.2 Å². The molecule has 9 nitrogen and oxygen atoms in total. The molecule has 2 heterocycles. The molecule has 0 unspecified atom stereocenters. The van der Waals surface area contributed by atoms with Crippen LogP contribution in [0.2, 0.25) is 0 Å². The fraction of sp³-hybridized carbons (Fsp3) is 0.0625. The number of benzene rings is 2. The van der Waals surface area contributed by atoms with Crippen LogP contribution in [-0.2, 0) is 0 Å². The average Bonchev–Trinajstić information content (AvgIpc) is 3.25. The number of aromatic nitrogens is 6. The summed E-state index contributed by atoms with van der Waals surface area (Å²) in [4.78, 5) is 12.5. The summed E-state index contributed by atoms with van der Waals surface area (Å²) < 4.78 is 1.53. The molecule has 9 heteroatoms. The van der Waals surface area contributed by atoms with E-state index in [9.17, 15) is 9.90 Å². The number of carbonyl (C=O) groups is 1. The van der Waals surface area contributed by atoms with Gasteiger partial charge in [0, 0.05) is 17.0 Å². The highest BCUT2D eigenvalue weighted by molar-refractivity contribution is 6.08. The number of H-pyrrole nitrogens is 1. The third-order valence-corrected chi connectivity index (χ3v) is 3.83. The van der Waals surface area contributed by atoms with Gasteiger partial charge in [-0.2, -0.15) is 5.10 Å². The first-order valence-electron chi connectivity index (χ1n) is 7.44. The monoisotopic (exact) mass is 335 g/mol. The van der Waals surface area contributed by atoms with Gasteiger partial charge in [0.25, 0.3) is 5.91 Å². The predicted octanol–water partition coefficient (Wildman–Crippen LogP) is 1.80. The number of carbonyl (C=O) groups excluding carboxylic acids is 1. The number of nitrogens with zero attached hydrogens (tertiary/aromatic N) is 5. The van der Waals surface area contributed by atoms with Crippen LogP contribution in [0, 0.1) is 6.92 Å². The highest BCUT2D eigenvalue weighted by Gasteiger charge is 2.13. The zero-order valence-corrected chi connectivity index (χ0v) is 13.1. The number of phenolic OH excluding ortho intramolecular Hbond substituents is 1. The molecule has 0 spiro atoms. The maximum atomic E-state index is 12.5. The summed E-state index contributed by atoms with van der Waals surface area (Å²) in [5.74, 6) is 0.248. The molecule has 0 radical (unpaired) electrons. The van der Waals surface area contributed by atoms with Crippen molar-refractivity contribution in [2.45, 2.75) is 6.92 Å². The van der Waals surface area contributed by atoms with E-state index in [4.69, 9.17) is 0 Å². The number of amides is 1. The second-order valence-corrected chi connectivity index (χ2v) is 5.51. The lowest BCUT2D eigenvalue weighted by Gasteiger charge is -2.07. The van der Waals surface area contributed by atoms with Gasteiger partial charge >= 0.3 is 0 Å². The van der Waals surface area contributed by atoms with Gasteiger partial charge in [-0.25, -0.2) is 4.68 Å². The molecule has 2 aromatic heterocycles. The summed E-state index contributed by atoms with van der Waals surface area (Å²) in [6.45, 7) is 1.88. The molecule has 124 valence electrons. The molecule has 0 aliphatic rings. The number of rotatable bonds is 3. The molecule has 1 amide bonds. The Morgan fingerprint density at radius 2 is 2.12 bits per heavy atom. The molecule has 0 aliphatic heterocycles. The van der Waals surface area contributed by atoms with Gasteiger partial charge in [0.15, 0.2) is 5.82 Å². The molecule has 0 fully saturated rings. The third kappa shape index (κ3) is 2.67. The zero-order chi connectivity index (χ0) is 17.4. The largest absolute Gasteiger partial charge is 0.508 e. The van der Waals surface area contributed by atoms with Crippen LogP contribution in [0.4, 0.5) is 5.82 Å². The van der Waals surface area contributed by atoms with Crippen LogP contribution in [0.25, 0.3) is 16.6 Å². The smallest absolute Gasteiger partial charge is 0.256 e. The molecule has 4 aromatic rings. The van der Waals surface area contributed by atoms with E-state index in [-0.39, 0.29) is 11.7 Å². The van der Waals surface area contributed by atoms with E-state index < -0.39 is 0 Å². The first-order valence-corrected chi connectivity index (χ1v) is 7.44. The summed E-state index contributed by atoms with van der Waals surface area (Å²) in [7, 11) is 0. The van der Waals surface area contributed by atoms with Crippen LogP contribution in [0.5, 0.6) is 5.75 Å². The Morgan fingerprint density at radius 3 is 2.88 bits per heavy atom. The molecule has 4 rings (SSSR count). The first kappa shape index (κ1) is 14.8. The topological polar surface area (TPSA) is 122 Å². The van der Waals surface area contributed by atoms with Crippen molar-refractivity contribution in [1.29, 1.82) is 0 Å². The van der Waals surface area contributed by atoms with Gasteiger partial charge in [0.1, 0.15) is 12.1 Å². The Bertz CT molecular complexity index is 1070. The normalized spacial score (nSPS) is 10.9. The summed E-state index contributed by atoms with van der Waals surface area (Å²) in [6.07, 6.45) is 1.49. The maximum Gasteiger partial charge on any atom is 0.256 e. The number of aromatic hydroxyl groups is 1. The van der Waals surface area contributed by atoms with Crippen LogP contribution < -0.4 is 5.32 Å². The summed E-state index contributed by atoms with van der Waals surface area (Å²) in [5, 5.41) is 30.9. The van der Waals surface area contributed by atoms with Crippen molar-refractivity contribution in [1.82, 2.24) is 30.4 Å². The van der Waals surface area contributed by atoms with E-state index >= 15 is 0 Å². The highest BCUT2D eigenvalue weighted by atomic mass is 16.3. The van der Waals surface area contributed by atoms with Crippen LogP contribution in [0.15, 0.2) is 42.7 Å². The molecule has 0 atom stereocenters. The van der Waals surface area contributed by atoms with E-state index in [1.807, 2.05) is 6.92 Å². The number of anilines is 1. The number of hydrogen-bond donors (Lipinski definition) is 3. The Balaban J connectivity index is 1.61. The van der Waals surface area contributed by atoms with Crippen LogP contribution in [0.3, 0.4) is 0 Å². The second kappa shape index (κ2) is 5.71. The minimum absolute atomic E-state index is 0.128. The van der Waals surface area contributed by atoms with Crippen molar-refractivity contribution in [2.75, 3.05) is 5.32 Å². The van der Waals surface area contributed by atoms with Crippen molar-refractivity contribution in [3.63, 3.8) is 0 Å². The molecule has 2 aromatic carbocycles. The van der Waals surface area contributed by atoms with Crippen molar-refractivity contribution in [2.24, 2.45) is 0 Å². The predicted molar refractivity (Wildman–Crippen MR) is 89.6 cm³/mol. The number of phenols is 1. The molecule has 3 N–H and O–H groups in total. The molecule has 0 saturated carbocycles. The van der Waals surface area contributed by atoms with E-state index in [1.54, 1.807) is 36.4 Å². The van der Waals surface area contributed by atoms with Gasteiger partial charge < -0.3 is 10.4 Å². The number of aryl methyl sites for hydroxylation is 1. The van der Waals surface area contributed by atoms with Crippen molar-refractivity contribution >= 4 is 22.6 Å². The van der Waals surface area contributed by atoms with E-state index in [0.29, 0.717) is 22.3 Å². The van der Waals surface area contributed by atoms with Gasteiger partial charge in [0.05, 0.1) is 11.2 Å². The minimum Gasteiger partial charge on any atom is -0.508 e. The van der Waals surface area contributed by atoms with Gasteiger partial charge in [0.2, 0.25) is 0 Å². The van der Waals surface area contributed by atoms with Gasteiger partial charge in [-0.15, -0.1) is 5.10 Å². The summed E-state index contributed by atoms with van der Waals surface area (Å²) >= 11 is 0. The lowest BCUT2D eigenvalue weighted by Crippen LogP contribution is -2.13. The molecular formula is C16H13N7O2. The van der Waals surface area contributed by atoms with Gasteiger partial charge in [-0.3, -0.25) is 9.89 Å². The Labute approximate surface area is 141 Å². The summed E-state index contributed by atoms with van der Waals surface area (Å²) in [5.41, 5.74) is 2.78. The highest BCUT2D eigenvalue weighted by Crippen LogP contribution is 2.24. The standard InChI is InChI=1S/C16H13N7O2/c1-9-6-10(2-5-14(9)23-8-17-21-22-23)16(25)18-15-12-4-3-11(24)7-13(12)19-20-15/h2-8,24H,1H3,(H2,18,19,20,25). The number of tetrazole rings is 1. The van der Waals surface area contributed by atoms with Crippen molar-refractivity contribution < 1.29 is 9.90 Å². The second-order valence-electron chi connectivity index (χ2n) is 5.51. The van der Waals surface area contributed by atoms with Crippen LogP contribution in [0.1, 0.15) is 15.9 Å².